The molecule has 0 saturated heterocycles. The topological polar surface area (TPSA) is 50.8 Å². The van der Waals surface area contributed by atoms with Gasteiger partial charge in [-0.15, -0.1) is 0 Å². The fourth-order valence-electron chi connectivity index (χ4n) is 3.07. The number of carbonyl (C=O) groups is 1. The number of para-hydroxylation sites is 2. The van der Waals surface area contributed by atoms with Gasteiger partial charge in [-0.3, -0.25) is 9.69 Å². The highest BCUT2D eigenvalue weighted by Gasteiger charge is 2.35. The van der Waals surface area contributed by atoms with Crippen molar-refractivity contribution in [3.63, 3.8) is 0 Å². The molecule has 2 aromatic carbocycles. The average Bonchev–Trinajstić information content (AvgIpc) is 3.51. The van der Waals surface area contributed by atoms with Crippen molar-refractivity contribution in [3.8, 4) is 11.5 Å². The van der Waals surface area contributed by atoms with Gasteiger partial charge >= 0.3 is 0 Å². The number of hydrogen-bond acceptors (Lipinski definition) is 4. The predicted molar refractivity (Wildman–Crippen MR) is 103 cm³/mol. The lowest BCUT2D eigenvalue weighted by Crippen LogP contribution is -2.43. The number of anilines is 1. The maximum atomic E-state index is 12.8. The number of methoxy groups -OCH3 is 2. The molecular weight excluding hydrogens is 328 g/mol. The van der Waals surface area contributed by atoms with E-state index in [0.29, 0.717) is 17.5 Å². The van der Waals surface area contributed by atoms with E-state index >= 15 is 0 Å². The van der Waals surface area contributed by atoms with Crippen molar-refractivity contribution in [2.24, 2.45) is 0 Å². The van der Waals surface area contributed by atoms with E-state index in [-0.39, 0.29) is 11.9 Å². The van der Waals surface area contributed by atoms with E-state index in [9.17, 15) is 4.79 Å². The van der Waals surface area contributed by atoms with Gasteiger partial charge in [0.15, 0.2) is 0 Å². The van der Waals surface area contributed by atoms with Crippen LogP contribution >= 0.6 is 0 Å². The Morgan fingerprint density at radius 1 is 1.12 bits per heavy atom. The number of carbonyl (C=O) groups excluding carboxylic acids is 1. The van der Waals surface area contributed by atoms with Crippen LogP contribution in [0.2, 0.25) is 0 Å². The molecule has 0 heterocycles. The highest BCUT2D eigenvalue weighted by Crippen LogP contribution is 2.31. The van der Waals surface area contributed by atoms with E-state index in [1.807, 2.05) is 43.3 Å². The monoisotopic (exact) mass is 354 g/mol. The smallest absolute Gasteiger partial charge is 0.241 e. The molecule has 0 aliphatic heterocycles. The maximum Gasteiger partial charge on any atom is 0.241 e. The molecule has 0 bridgehead atoms. The van der Waals surface area contributed by atoms with E-state index in [0.717, 1.165) is 25.1 Å². The van der Waals surface area contributed by atoms with Crippen LogP contribution in [0.15, 0.2) is 48.5 Å². The Morgan fingerprint density at radius 2 is 1.81 bits per heavy atom. The van der Waals surface area contributed by atoms with Gasteiger partial charge in [-0.1, -0.05) is 24.3 Å². The summed E-state index contributed by atoms with van der Waals surface area (Å²) in [5, 5.41) is 3.00. The highest BCUT2D eigenvalue weighted by molar-refractivity contribution is 5.95. The number of benzene rings is 2. The van der Waals surface area contributed by atoms with Gasteiger partial charge in [0.1, 0.15) is 11.5 Å². The lowest BCUT2D eigenvalue weighted by Gasteiger charge is -2.28. The van der Waals surface area contributed by atoms with Crippen LogP contribution in [0.25, 0.3) is 0 Å². The van der Waals surface area contributed by atoms with E-state index in [1.54, 1.807) is 14.2 Å². The zero-order valence-corrected chi connectivity index (χ0v) is 15.6. The minimum Gasteiger partial charge on any atom is -0.497 e. The molecule has 2 aromatic rings. The van der Waals surface area contributed by atoms with Gasteiger partial charge in [0.2, 0.25) is 5.91 Å². The first-order chi connectivity index (χ1) is 12.6. The van der Waals surface area contributed by atoms with Crippen LogP contribution in [0.5, 0.6) is 11.5 Å². The summed E-state index contributed by atoms with van der Waals surface area (Å²) >= 11 is 0. The van der Waals surface area contributed by atoms with Crippen LogP contribution in [-0.2, 0) is 11.3 Å². The largest absolute Gasteiger partial charge is 0.497 e. The number of nitrogens with zero attached hydrogens (tertiary/aromatic N) is 1. The molecule has 0 unspecified atom stereocenters. The van der Waals surface area contributed by atoms with Gasteiger partial charge < -0.3 is 14.8 Å². The second-order valence-electron chi connectivity index (χ2n) is 6.62. The zero-order valence-electron chi connectivity index (χ0n) is 15.6. The number of nitrogens with one attached hydrogen (secondary N) is 1. The fraction of sp³-hybridized carbons (Fsp3) is 0.381. The molecule has 1 fully saturated rings. The minimum atomic E-state index is -0.227. The Bertz CT molecular complexity index is 741. The summed E-state index contributed by atoms with van der Waals surface area (Å²) in [5.41, 5.74) is 1.88. The van der Waals surface area contributed by atoms with Crippen LogP contribution in [0, 0.1) is 0 Å². The molecule has 1 aliphatic carbocycles. The standard InChI is InChI=1S/C21H26N2O3/c1-15(21(24)22-19-6-4-5-7-20(19)26-3)23(17-10-11-17)14-16-8-12-18(25-2)13-9-16/h4-9,12-13,15,17H,10-11,14H2,1-3H3,(H,22,24)/t15-/m1/s1. The van der Waals surface area contributed by atoms with Crippen LogP contribution in [0.3, 0.4) is 0 Å². The number of rotatable bonds is 8. The first kappa shape index (κ1) is 18.3. The molecule has 5 heteroatoms. The van der Waals surface area contributed by atoms with E-state index in [2.05, 4.69) is 22.3 Å². The Morgan fingerprint density at radius 3 is 2.42 bits per heavy atom. The van der Waals surface area contributed by atoms with E-state index < -0.39 is 0 Å². The highest BCUT2D eigenvalue weighted by atomic mass is 16.5. The van der Waals surface area contributed by atoms with Crippen LogP contribution in [0.1, 0.15) is 25.3 Å². The molecule has 3 rings (SSSR count). The van der Waals surface area contributed by atoms with Crippen molar-refractivity contribution in [3.05, 3.63) is 54.1 Å². The average molecular weight is 354 g/mol. The van der Waals surface area contributed by atoms with Crippen molar-refractivity contribution in [2.45, 2.75) is 38.4 Å². The summed E-state index contributed by atoms with van der Waals surface area (Å²) in [7, 11) is 3.27. The molecular formula is C21H26N2O3. The molecule has 0 spiro atoms. The molecule has 26 heavy (non-hydrogen) atoms. The van der Waals surface area contributed by atoms with Gasteiger partial charge in [-0.2, -0.15) is 0 Å². The van der Waals surface area contributed by atoms with Crippen molar-refractivity contribution >= 4 is 11.6 Å². The van der Waals surface area contributed by atoms with Gasteiger partial charge in [0, 0.05) is 12.6 Å². The van der Waals surface area contributed by atoms with Crippen molar-refractivity contribution in [2.75, 3.05) is 19.5 Å². The normalized spacial score (nSPS) is 14.8. The molecule has 1 atom stereocenters. The van der Waals surface area contributed by atoms with Crippen molar-refractivity contribution in [1.29, 1.82) is 0 Å². The third-order valence-corrected chi connectivity index (χ3v) is 4.78. The Labute approximate surface area is 154 Å². The second kappa shape index (κ2) is 8.23. The quantitative estimate of drug-likeness (QED) is 0.785. The Hall–Kier alpha value is -2.53. The summed E-state index contributed by atoms with van der Waals surface area (Å²) in [4.78, 5) is 15.1. The third kappa shape index (κ3) is 4.35. The minimum absolute atomic E-state index is 0.0186. The summed E-state index contributed by atoms with van der Waals surface area (Å²) in [6, 6.07) is 15.7. The Balaban J connectivity index is 1.69. The van der Waals surface area contributed by atoms with Gasteiger partial charge in [0.05, 0.1) is 25.9 Å². The van der Waals surface area contributed by atoms with Crippen LogP contribution < -0.4 is 14.8 Å². The van der Waals surface area contributed by atoms with E-state index in [4.69, 9.17) is 9.47 Å². The molecule has 0 radical (unpaired) electrons. The van der Waals surface area contributed by atoms with E-state index in [1.165, 1.54) is 5.56 Å². The number of hydrogen-bond donors (Lipinski definition) is 1. The lowest BCUT2D eigenvalue weighted by atomic mass is 10.1. The number of ether oxygens (including phenoxy) is 2. The summed E-state index contributed by atoms with van der Waals surface area (Å²) < 4.78 is 10.5. The first-order valence-electron chi connectivity index (χ1n) is 8.95. The molecule has 1 aliphatic rings. The lowest BCUT2D eigenvalue weighted by molar-refractivity contribution is -0.121. The number of amides is 1. The second-order valence-corrected chi connectivity index (χ2v) is 6.62. The van der Waals surface area contributed by atoms with Gasteiger partial charge in [-0.05, 0) is 49.6 Å². The Kier molecular flexibility index (Phi) is 5.78. The van der Waals surface area contributed by atoms with Crippen LogP contribution in [-0.4, -0.2) is 37.1 Å². The molecule has 138 valence electrons. The van der Waals surface area contributed by atoms with Crippen molar-refractivity contribution < 1.29 is 14.3 Å². The first-order valence-corrected chi connectivity index (χ1v) is 8.95. The van der Waals surface area contributed by atoms with Gasteiger partial charge in [0.25, 0.3) is 0 Å². The molecule has 1 amide bonds. The van der Waals surface area contributed by atoms with Gasteiger partial charge in [-0.25, -0.2) is 0 Å². The maximum absolute atomic E-state index is 12.8. The summed E-state index contributed by atoms with van der Waals surface area (Å²) in [6.07, 6.45) is 2.28. The molecule has 5 nitrogen and oxygen atoms in total. The summed E-state index contributed by atoms with van der Waals surface area (Å²) in [5.74, 6) is 1.49. The molecule has 0 aromatic heterocycles. The van der Waals surface area contributed by atoms with Crippen molar-refractivity contribution in [1.82, 2.24) is 4.90 Å². The SMILES string of the molecule is COc1ccc(CN(C2CC2)[C@H](C)C(=O)Nc2ccccc2OC)cc1. The summed E-state index contributed by atoms with van der Waals surface area (Å²) in [6.45, 7) is 2.71. The van der Waals surface area contributed by atoms with Crippen LogP contribution in [0.4, 0.5) is 5.69 Å². The molecule has 1 N–H and O–H groups in total. The molecule has 1 saturated carbocycles. The zero-order chi connectivity index (χ0) is 18.5. The predicted octanol–water partition coefficient (Wildman–Crippen LogP) is 3.70. The third-order valence-electron chi connectivity index (χ3n) is 4.78. The fourth-order valence-corrected chi connectivity index (χ4v) is 3.07.